The van der Waals surface area contributed by atoms with Gasteiger partial charge in [0.1, 0.15) is 0 Å². The number of nitrogens with two attached hydrogens (primary N) is 1. The zero-order valence-corrected chi connectivity index (χ0v) is 5.93. The Balaban J connectivity index is 2.23. The molecule has 0 radical (unpaired) electrons. The molecule has 0 aromatic rings. The predicted molar refractivity (Wildman–Crippen MR) is 37.8 cm³/mol. The summed E-state index contributed by atoms with van der Waals surface area (Å²) in [4.78, 5) is 0. The van der Waals surface area contributed by atoms with Crippen LogP contribution < -0.4 is 11.2 Å². The van der Waals surface area contributed by atoms with Crippen molar-refractivity contribution in [2.24, 2.45) is 11.7 Å². The minimum absolute atomic E-state index is 0.705. The Morgan fingerprint density at radius 1 is 1.78 bits per heavy atom. The highest BCUT2D eigenvalue weighted by atomic mass is 15.5. The van der Waals surface area contributed by atoms with Crippen molar-refractivity contribution in [3.8, 4) is 0 Å². The third-order valence-corrected chi connectivity index (χ3v) is 1.80. The van der Waals surface area contributed by atoms with Crippen LogP contribution in [0.25, 0.3) is 0 Å². The van der Waals surface area contributed by atoms with E-state index in [4.69, 9.17) is 5.73 Å². The number of hydrogen-bond acceptors (Lipinski definition) is 3. The molecule has 0 amide bonds. The van der Waals surface area contributed by atoms with Crippen molar-refractivity contribution in [1.82, 2.24) is 10.4 Å². The van der Waals surface area contributed by atoms with Gasteiger partial charge < -0.3 is 5.73 Å². The smallest absolute Gasteiger partial charge is 0.0168 e. The molecule has 0 aliphatic carbocycles. The monoisotopic (exact) mass is 129 g/mol. The molecule has 1 aliphatic rings. The number of nitrogens with zero attached hydrogens (tertiary/aromatic N) is 1. The van der Waals surface area contributed by atoms with Gasteiger partial charge in [-0.05, 0) is 18.9 Å². The van der Waals surface area contributed by atoms with E-state index in [1.165, 1.54) is 6.42 Å². The van der Waals surface area contributed by atoms with E-state index in [1.54, 1.807) is 0 Å². The number of rotatable bonds is 1. The Kier molecular flexibility index (Phi) is 2.45. The van der Waals surface area contributed by atoms with Crippen LogP contribution in [-0.2, 0) is 0 Å². The topological polar surface area (TPSA) is 41.3 Å². The minimum Gasteiger partial charge on any atom is -0.330 e. The molecule has 1 aliphatic heterocycles. The van der Waals surface area contributed by atoms with Crippen molar-refractivity contribution in [2.45, 2.75) is 6.42 Å². The Morgan fingerprint density at radius 2 is 2.56 bits per heavy atom. The highest BCUT2D eigenvalue weighted by Gasteiger charge is 2.13. The van der Waals surface area contributed by atoms with Crippen LogP contribution in [0.3, 0.4) is 0 Å². The molecule has 3 N–H and O–H groups in total. The summed E-state index contributed by atoms with van der Waals surface area (Å²) in [5, 5.41) is 2.11. The van der Waals surface area contributed by atoms with Crippen molar-refractivity contribution in [3.05, 3.63) is 0 Å². The van der Waals surface area contributed by atoms with Gasteiger partial charge in [-0.25, -0.2) is 5.01 Å². The van der Waals surface area contributed by atoms with Gasteiger partial charge in [0.2, 0.25) is 0 Å². The molecule has 1 atom stereocenters. The molecule has 3 nitrogen and oxygen atoms in total. The van der Waals surface area contributed by atoms with E-state index in [0.29, 0.717) is 5.92 Å². The summed E-state index contributed by atoms with van der Waals surface area (Å²) in [6, 6.07) is 0. The second-order valence-corrected chi connectivity index (χ2v) is 2.68. The van der Waals surface area contributed by atoms with E-state index < -0.39 is 0 Å². The molecule has 1 unspecified atom stereocenters. The fourth-order valence-electron chi connectivity index (χ4n) is 1.20. The molecule has 1 fully saturated rings. The second kappa shape index (κ2) is 3.15. The van der Waals surface area contributed by atoms with E-state index in [9.17, 15) is 0 Å². The van der Waals surface area contributed by atoms with Gasteiger partial charge in [-0.15, -0.1) is 0 Å². The highest BCUT2D eigenvalue weighted by Crippen LogP contribution is 2.05. The lowest BCUT2D eigenvalue weighted by Crippen LogP contribution is -2.46. The lowest BCUT2D eigenvalue weighted by atomic mass is 10.0. The van der Waals surface area contributed by atoms with Crippen molar-refractivity contribution < 1.29 is 0 Å². The van der Waals surface area contributed by atoms with Crippen LogP contribution in [0, 0.1) is 5.92 Å². The van der Waals surface area contributed by atoms with Gasteiger partial charge in [-0.3, -0.25) is 5.43 Å². The molecule has 54 valence electrons. The fraction of sp³-hybridized carbons (Fsp3) is 1.00. The van der Waals surface area contributed by atoms with Crippen LogP contribution in [0.1, 0.15) is 6.42 Å². The zero-order valence-electron chi connectivity index (χ0n) is 5.93. The molecule has 3 heteroatoms. The van der Waals surface area contributed by atoms with Gasteiger partial charge in [-0.1, -0.05) is 0 Å². The zero-order chi connectivity index (χ0) is 6.69. The lowest BCUT2D eigenvalue weighted by molar-refractivity contribution is 0.148. The standard InChI is InChI=1S/C6H15N3/c1-9-5-6(4-7)2-3-8-9/h6,8H,2-5,7H2,1H3. The normalized spacial score (nSPS) is 30.7. The molecule has 0 spiro atoms. The molecule has 0 aromatic heterocycles. The summed E-state index contributed by atoms with van der Waals surface area (Å²) < 4.78 is 0. The van der Waals surface area contributed by atoms with E-state index in [2.05, 4.69) is 17.5 Å². The Bertz CT molecular complexity index is 84.4. The molecule has 0 bridgehead atoms. The Hall–Kier alpha value is -0.120. The molecule has 9 heavy (non-hydrogen) atoms. The Morgan fingerprint density at radius 3 is 3.00 bits per heavy atom. The summed E-state index contributed by atoms with van der Waals surface area (Å²) >= 11 is 0. The summed E-state index contributed by atoms with van der Waals surface area (Å²) in [6.45, 7) is 3.00. The SMILES string of the molecule is CN1CC(CN)CCN1. The van der Waals surface area contributed by atoms with Crippen molar-refractivity contribution in [1.29, 1.82) is 0 Å². The van der Waals surface area contributed by atoms with Crippen LogP contribution in [-0.4, -0.2) is 31.7 Å². The average molecular weight is 129 g/mol. The quantitative estimate of drug-likeness (QED) is 0.497. The Labute approximate surface area is 56.2 Å². The van der Waals surface area contributed by atoms with Crippen molar-refractivity contribution >= 4 is 0 Å². The minimum atomic E-state index is 0.705. The van der Waals surface area contributed by atoms with E-state index in [1.807, 2.05) is 0 Å². The van der Waals surface area contributed by atoms with Gasteiger partial charge in [0, 0.05) is 20.1 Å². The van der Waals surface area contributed by atoms with Gasteiger partial charge in [0.25, 0.3) is 0 Å². The summed E-state index contributed by atoms with van der Waals surface area (Å²) in [7, 11) is 2.06. The molecular formula is C6H15N3. The predicted octanol–water partition coefficient (Wildman–Crippen LogP) is -0.599. The van der Waals surface area contributed by atoms with Gasteiger partial charge in [0.15, 0.2) is 0 Å². The van der Waals surface area contributed by atoms with Crippen LogP contribution in [0.15, 0.2) is 0 Å². The average Bonchev–Trinajstić information content (AvgIpc) is 1.88. The maximum atomic E-state index is 5.51. The van der Waals surface area contributed by atoms with E-state index >= 15 is 0 Å². The first-order valence-corrected chi connectivity index (χ1v) is 3.47. The summed E-state index contributed by atoms with van der Waals surface area (Å²) in [6.07, 6.45) is 1.22. The molecule has 1 heterocycles. The molecule has 1 rings (SSSR count). The largest absolute Gasteiger partial charge is 0.330 e. The van der Waals surface area contributed by atoms with Crippen molar-refractivity contribution in [2.75, 3.05) is 26.7 Å². The van der Waals surface area contributed by atoms with Gasteiger partial charge in [0.05, 0.1) is 0 Å². The number of hydrazine groups is 1. The first-order valence-electron chi connectivity index (χ1n) is 3.47. The second-order valence-electron chi connectivity index (χ2n) is 2.68. The summed E-state index contributed by atoms with van der Waals surface area (Å²) in [5.74, 6) is 0.705. The maximum Gasteiger partial charge on any atom is 0.0168 e. The first-order chi connectivity index (χ1) is 4.33. The van der Waals surface area contributed by atoms with Crippen LogP contribution >= 0.6 is 0 Å². The third-order valence-electron chi connectivity index (χ3n) is 1.80. The number of nitrogens with one attached hydrogen (secondary N) is 1. The summed E-state index contributed by atoms with van der Waals surface area (Å²) in [5.41, 5.74) is 8.74. The van der Waals surface area contributed by atoms with E-state index in [-0.39, 0.29) is 0 Å². The van der Waals surface area contributed by atoms with E-state index in [0.717, 1.165) is 19.6 Å². The molecule has 0 saturated carbocycles. The third kappa shape index (κ3) is 1.93. The van der Waals surface area contributed by atoms with Crippen LogP contribution in [0.2, 0.25) is 0 Å². The maximum absolute atomic E-state index is 5.51. The highest BCUT2D eigenvalue weighted by molar-refractivity contribution is 4.68. The van der Waals surface area contributed by atoms with Gasteiger partial charge in [-0.2, -0.15) is 0 Å². The molecule has 1 saturated heterocycles. The first kappa shape index (κ1) is 6.99. The lowest BCUT2D eigenvalue weighted by Gasteiger charge is -2.29. The molecule has 0 aromatic carbocycles. The van der Waals surface area contributed by atoms with Crippen molar-refractivity contribution in [3.63, 3.8) is 0 Å². The molecular weight excluding hydrogens is 114 g/mol. The van der Waals surface area contributed by atoms with Crippen LogP contribution in [0.4, 0.5) is 0 Å². The van der Waals surface area contributed by atoms with Crippen LogP contribution in [0.5, 0.6) is 0 Å². The number of hydrogen-bond donors (Lipinski definition) is 2. The fourth-order valence-corrected chi connectivity index (χ4v) is 1.20. The van der Waals surface area contributed by atoms with Gasteiger partial charge >= 0.3 is 0 Å².